The second-order valence-electron chi connectivity index (χ2n) is 7.36. The zero-order valence-corrected chi connectivity index (χ0v) is 20.1. The van der Waals surface area contributed by atoms with Gasteiger partial charge in [0.25, 0.3) is 5.91 Å². The molecule has 1 amide bonds. The van der Waals surface area contributed by atoms with Crippen LogP contribution in [-0.2, 0) is 14.8 Å². The highest BCUT2D eigenvalue weighted by Gasteiger charge is 2.36. The second kappa shape index (κ2) is 10.4. The molecular weight excluding hydrogens is 482 g/mol. The summed E-state index contributed by atoms with van der Waals surface area (Å²) >= 11 is 1.15. The Morgan fingerprint density at radius 3 is 2.79 bits per heavy atom. The molecule has 2 N–H and O–H groups in total. The molecule has 1 atom stereocenters. The molecule has 1 fully saturated rings. The van der Waals surface area contributed by atoms with Gasteiger partial charge >= 0.3 is 0 Å². The number of thiazole rings is 1. The van der Waals surface area contributed by atoms with Gasteiger partial charge in [0, 0.05) is 19.4 Å². The number of sulfonamides is 1. The molecule has 0 radical (unpaired) electrons. The summed E-state index contributed by atoms with van der Waals surface area (Å²) in [5.74, 6) is 0.0823. The number of amides is 1. The molecule has 34 heavy (non-hydrogen) atoms. The Balaban J connectivity index is 1.49. The van der Waals surface area contributed by atoms with Crippen LogP contribution >= 0.6 is 11.3 Å². The van der Waals surface area contributed by atoms with Crippen molar-refractivity contribution in [3.05, 3.63) is 41.7 Å². The minimum Gasteiger partial charge on any atom is -0.477 e. The van der Waals surface area contributed by atoms with Crippen LogP contribution in [0.1, 0.15) is 41.3 Å². The Kier molecular flexibility index (Phi) is 7.29. The lowest BCUT2D eigenvalue weighted by molar-refractivity contribution is 0.0894. The number of rotatable bonds is 11. The largest absolute Gasteiger partial charge is 0.477 e. The van der Waals surface area contributed by atoms with Crippen molar-refractivity contribution in [2.75, 3.05) is 25.0 Å². The van der Waals surface area contributed by atoms with Crippen molar-refractivity contribution in [3.63, 3.8) is 0 Å². The normalized spacial score (nSPS) is 14.4. The number of ether oxygens (including phenoxy) is 2. The van der Waals surface area contributed by atoms with E-state index in [2.05, 4.69) is 35.0 Å². The second-order valence-corrected chi connectivity index (χ2v) is 10.4. The topological polar surface area (TPSA) is 158 Å². The molecule has 3 aromatic rings. The molecule has 0 unspecified atom stereocenters. The molecule has 3 heterocycles. The predicted molar refractivity (Wildman–Crippen MR) is 124 cm³/mol. The van der Waals surface area contributed by atoms with Gasteiger partial charge in [-0.3, -0.25) is 14.5 Å². The fourth-order valence-corrected chi connectivity index (χ4v) is 5.10. The van der Waals surface area contributed by atoms with Crippen molar-refractivity contribution < 1.29 is 22.7 Å². The Hall–Kier alpha value is -3.23. The molecule has 1 saturated carbocycles. The maximum Gasteiger partial charge on any atom is 0.280 e. The molecule has 14 heteroatoms. The van der Waals surface area contributed by atoms with E-state index in [0.717, 1.165) is 11.3 Å². The van der Waals surface area contributed by atoms with Crippen LogP contribution in [0.5, 0.6) is 5.88 Å². The Bertz CT molecular complexity index is 1260. The smallest absolute Gasteiger partial charge is 0.280 e. The molecule has 180 valence electrons. The van der Waals surface area contributed by atoms with Crippen molar-refractivity contribution in [3.8, 4) is 16.5 Å². The van der Waals surface area contributed by atoms with E-state index < -0.39 is 27.2 Å². The van der Waals surface area contributed by atoms with E-state index in [-0.39, 0.29) is 17.4 Å². The first-order valence-corrected chi connectivity index (χ1v) is 12.8. The highest BCUT2D eigenvalue weighted by molar-refractivity contribution is 7.93. The third-order valence-corrected chi connectivity index (χ3v) is 7.61. The highest BCUT2D eigenvalue weighted by Crippen LogP contribution is 2.30. The van der Waals surface area contributed by atoms with E-state index in [4.69, 9.17) is 9.47 Å². The van der Waals surface area contributed by atoms with Gasteiger partial charge in [-0.05, 0) is 19.8 Å². The zero-order chi connectivity index (χ0) is 24.1. The average Bonchev–Trinajstić information content (AvgIpc) is 3.57. The fraction of sp³-hybridized carbons (Fsp3) is 0.400. The van der Waals surface area contributed by atoms with Gasteiger partial charge in [0.05, 0.1) is 47.5 Å². The first kappa shape index (κ1) is 23.9. The van der Waals surface area contributed by atoms with Gasteiger partial charge in [0.1, 0.15) is 17.8 Å². The van der Waals surface area contributed by atoms with Crippen molar-refractivity contribution in [1.82, 2.24) is 30.2 Å². The van der Waals surface area contributed by atoms with E-state index in [1.807, 2.05) is 6.92 Å². The molecule has 0 aromatic carbocycles. The van der Waals surface area contributed by atoms with Crippen LogP contribution < -0.4 is 14.8 Å². The molecule has 12 nitrogen and oxygen atoms in total. The molecule has 0 spiro atoms. The van der Waals surface area contributed by atoms with Crippen LogP contribution in [0.2, 0.25) is 0 Å². The SMILES string of the molecule is CCOc1cncc(-c2cnc(C(=O)N[C@@H](COC)c3cc(NS(=O)(=O)C4CC4)ncn3)s2)n1. The monoisotopic (exact) mass is 505 g/mol. The molecule has 0 aliphatic heterocycles. The van der Waals surface area contributed by atoms with Crippen LogP contribution in [0.25, 0.3) is 10.6 Å². The summed E-state index contributed by atoms with van der Waals surface area (Å²) in [5.41, 5.74) is 0.935. The summed E-state index contributed by atoms with van der Waals surface area (Å²) in [4.78, 5) is 34.4. The number of hydrogen-bond donors (Lipinski definition) is 2. The van der Waals surface area contributed by atoms with Crippen LogP contribution in [0, 0.1) is 0 Å². The average molecular weight is 506 g/mol. The highest BCUT2D eigenvalue weighted by atomic mass is 32.2. The van der Waals surface area contributed by atoms with E-state index in [0.29, 0.717) is 41.6 Å². The van der Waals surface area contributed by atoms with Crippen molar-refractivity contribution >= 4 is 33.1 Å². The number of nitrogens with zero attached hydrogens (tertiary/aromatic N) is 5. The summed E-state index contributed by atoms with van der Waals surface area (Å²) in [7, 11) is -1.99. The van der Waals surface area contributed by atoms with E-state index in [1.165, 1.54) is 25.7 Å². The summed E-state index contributed by atoms with van der Waals surface area (Å²) < 4.78 is 37.5. The Labute approximate surface area is 200 Å². The van der Waals surface area contributed by atoms with Gasteiger partial charge in [0.15, 0.2) is 5.01 Å². The Morgan fingerprint density at radius 2 is 2.06 bits per heavy atom. The van der Waals surface area contributed by atoms with E-state index in [1.54, 1.807) is 12.4 Å². The molecule has 0 saturated heterocycles. The van der Waals surface area contributed by atoms with Crippen molar-refractivity contribution in [1.29, 1.82) is 0 Å². The minimum atomic E-state index is -3.48. The molecular formula is C20H23N7O5S2. The molecule has 1 aliphatic rings. The summed E-state index contributed by atoms with van der Waals surface area (Å²) in [5, 5.41) is 2.65. The predicted octanol–water partition coefficient (Wildman–Crippen LogP) is 1.81. The molecule has 3 aromatic heterocycles. The number of aromatic nitrogens is 5. The Morgan fingerprint density at radius 1 is 1.24 bits per heavy atom. The van der Waals surface area contributed by atoms with Gasteiger partial charge in [-0.25, -0.2) is 28.4 Å². The summed E-state index contributed by atoms with van der Waals surface area (Å²) in [6, 6.07) is 0.824. The quantitative estimate of drug-likeness (QED) is 0.393. The van der Waals surface area contributed by atoms with Gasteiger partial charge in [-0.1, -0.05) is 0 Å². The third kappa shape index (κ3) is 5.81. The lowest BCUT2D eigenvalue weighted by Crippen LogP contribution is -2.32. The van der Waals surface area contributed by atoms with Crippen LogP contribution in [0.15, 0.2) is 31.0 Å². The summed E-state index contributed by atoms with van der Waals surface area (Å²) in [6.45, 7) is 2.42. The van der Waals surface area contributed by atoms with Crippen molar-refractivity contribution in [2.24, 2.45) is 0 Å². The number of anilines is 1. The van der Waals surface area contributed by atoms with E-state index >= 15 is 0 Å². The van der Waals surface area contributed by atoms with Crippen LogP contribution in [0.4, 0.5) is 5.82 Å². The molecule has 0 bridgehead atoms. The third-order valence-electron chi connectivity index (χ3n) is 4.75. The minimum absolute atomic E-state index is 0.109. The maximum absolute atomic E-state index is 12.9. The van der Waals surface area contributed by atoms with E-state index in [9.17, 15) is 13.2 Å². The molecule has 1 aliphatic carbocycles. The van der Waals surface area contributed by atoms with Crippen molar-refractivity contribution in [2.45, 2.75) is 31.1 Å². The van der Waals surface area contributed by atoms with Gasteiger partial charge in [-0.15, -0.1) is 11.3 Å². The number of carbonyl (C=O) groups is 1. The first-order chi connectivity index (χ1) is 16.4. The van der Waals surface area contributed by atoms with Gasteiger partial charge in [-0.2, -0.15) is 0 Å². The van der Waals surface area contributed by atoms with Gasteiger partial charge in [0.2, 0.25) is 15.9 Å². The first-order valence-electron chi connectivity index (χ1n) is 10.4. The number of hydrogen-bond acceptors (Lipinski definition) is 11. The standard InChI is InChI=1S/C20H23N7O5S2/c1-3-32-18-9-21-7-14(25-18)16-8-22-20(33-16)19(28)26-15(10-31-2)13-6-17(24-11-23-13)27-34(29,30)12-4-5-12/h6-9,11-12,15H,3-5,10H2,1-2H3,(H,26,28)(H,23,24,27)/t15-/m0/s1. The lowest BCUT2D eigenvalue weighted by Gasteiger charge is -2.17. The maximum atomic E-state index is 12.9. The summed E-state index contributed by atoms with van der Waals surface area (Å²) in [6.07, 6.45) is 7.12. The zero-order valence-electron chi connectivity index (χ0n) is 18.5. The number of methoxy groups -OCH3 is 1. The lowest BCUT2D eigenvalue weighted by atomic mass is 10.2. The number of carbonyl (C=O) groups excluding carboxylic acids is 1. The van der Waals surface area contributed by atoms with Crippen LogP contribution in [0.3, 0.4) is 0 Å². The molecule has 4 rings (SSSR count). The fourth-order valence-electron chi connectivity index (χ4n) is 3.00. The van der Waals surface area contributed by atoms with Crippen LogP contribution in [-0.4, -0.2) is 64.8 Å². The number of nitrogens with one attached hydrogen (secondary N) is 2. The van der Waals surface area contributed by atoms with Gasteiger partial charge < -0.3 is 14.8 Å².